The van der Waals surface area contributed by atoms with Crippen LogP contribution in [0, 0.1) is 0 Å². The summed E-state index contributed by atoms with van der Waals surface area (Å²) in [5.74, 6) is 1.21. The molecule has 1 aromatic rings. The lowest BCUT2D eigenvalue weighted by molar-refractivity contribution is -0.133. The van der Waals surface area contributed by atoms with Gasteiger partial charge in [-0.2, -0.15) is 0 Å². The molecule has 3 rings (SSSR count). The number of furan rings is 1. The van der Waals surface area contributed by atoms with Crippen molar-refractivity contribution in [1.82, 2.24) is 9.80 Å². The number of likely N-dealkylation sites (N-methyl/N-ethyl adjacent to an activating group) is 1. The second-order valence-electron chi connectivity index (χ2n) is 6.21. The number of rotatable bonds is 5. The van der Waals surface area contributed by atoms with Crippen LogP contribution >= 0.6 is 0 Å². The van der Waals surface area contributed by atoms with E-state index in [1.807, 2.05) is 12.1 Å². The lowest BCUT2D eigenvalue weighted by Gasteiger charge is -2.34. The number of hydrogen-bond acceptors (Lipinski definition) is 3. The minimum Gasteiger partial charge on any atom is -0.469 e. The molecule has 3 heterocycles. The Morgan fingerprint density at radius 1 is 1.29 bits per heavy atom. The Bertz CT molecular complexity index is 457. The van der Waals surface area contributed by atoms with Crippen LogP contribution in [0.25, 0.3) is 0 Å². The summed E-state index contributed by atoms with van der Waals surface area (Å²) in [6, 6.07) is 4.86. The van der Waals surface area contributed by atoms with E-state index in [-0.39, 0.29) is 0 Å². The number of aryl methyl sites for hydroxylation is 1. The van der Waals surface area contributed by atoms with Crippen molar-refractivity contribution in [3.05, 3.63) is 24.2 Å². The second-order valence-corrected chi connectivity index (χ2v) is 6.21. The summed E-state index contributed by atoms with van der Waals surface area (Å²) >= 11 is 0. The highest BCUT2D eigenvalue weighted by Gasteiger charge is 2.38. The first-order valence-corrected chi connectivity index (χ1v) is 8.35. The first-order chi connectivity index (χ1) is 10.3. The molecule has 1 amide bonds. The van der Waals surface area contributed by atoms with E-state index in [1.54, 1.807) is 6.26 Å². The fourth-order valence-corrected chi connectivity index (χ4v) is 4.01. The summed E-state index contributed by atoms with van der Waals surface area (Å²) in [7, 11) is 0. The topological polar surface area (TPSA) is 36.7 Å². The first kappa shape index (κ1) is 14.6. The zero-order chi connectivity index (χ0) is 14.7. The van der Waals surface area contributed by atoms with E-state index in [4.69, 9.17) is 4.42 Å². The second kappa shape index (κ2) is 6.65. The minimum atomic E-state index is 0.303. The molecule has 0 saturated carbocycles. The van der Waals surface area contributed by atoms with Gasteiger partial charge in [0.15, 0.2) is 0 Å². The van der Waals surface area contributed by atoms with E-state index in [0.29, 0.717) is 24.4 Å². The number of hydrogen-bond donors (Lipinski definition) is 0. The highest BCUT2D eigenvalue weighted by molar-refractivity contribution is 5.77. The third kappa shape index (κ3) is 3.15. The zero-order valence-electron chi connectivity index (χ0n) is 13.0. The predicted octanol–water partition coefficient (Wildman–Crippen LogP) is 2.69. The van der Waals surface area contributed by atoms with Gasteiger partial charge in [0.25, 0.3) is 0 Å². The molecule has 2 aliphatic heterocycles. The van der Waals surface area contributed by atoms with Crippen LogP contribution in [0.1, 0.15) is 44.8 Å². The molecule has 0 bridgehead atoms. The third-order valence-corrected chi connectivity index (χ3v) is 5.05. The van der Waals surface area contributed by atoms with E-state index < -0.39 is 0 Å². The Hall–Kier alpha value is -1.29. The molecule has 116 valence electrons. The van der Waals surface area contributed by atoms with E-state index in [0.717, 1.165) is 31.7 Å². The Morgan fingerprint density at radius 2 is 2.10 bits per heavy atom. The Balaban J connectivity index is 1.59. The molecule has 0 N–H and O–H groups in total. The summed E-state index contributed by atoms with van der Waals surface area (Å²) in [5.41, 5.74) is 0. The first-order valence-electron chi connectivity index (χ1n) is 8.35. The average Bonchev–Trinajstić information content (AvgIpc) is 3.23. The van der Waals surface area contributed by atoms with Crippen LogP contribution in [-0.4, -0.2) is 47.4 Å². The molecular weight excluding hydrogens is 264 g/mol. The van der Waals surface area contributed by atoms with Gasteiger partial charge in [0.2, 0.25) is 5.91 Å². The zero-order valence-corrected chi connectivity index (χ0v) is 13.0. The van der Waals surface area contributed by atoms with Gasteiger partial charge in [-0.3, -0.25) is 9.69 Å². The van der Waals surface area contributed by atoms with Gasteiger partial charge in [-0.1, -0.05) is 6.92 Å². The fourth-order valence-electron chi connectivity index (χ4n) is 4.01. The van der Waals surface area contributed by atoms with Crippen molar-refractivity contribution >= 4 is 5.91 Å². The standard InChI is InChI=1S/C17H26N2O2/c1-2-18-11-3-7-15(18)16-8-4-12-19(16)17(20)10-9-14-6-5-13-21-14/h5-6,13,15-16H,2-4,7-12H2,1H3/t15-,16+/m0/s1. The van der Waals surface area contributed by atoms with E-state index >= 15 is 0 Å². The van der Waals surface area contributed by atoms with Crippen molar-refractivity contribution in [2.24, 2.45) is 0 Å². The van der Waals surface area contributed by atoms with Gasteiger partial charge < -0.3 is 9.32 Å². The van der Waals surface area contributed by atoms with Gasteiger partial charge >= 0.3 is 0 Å². The van der Waals surface area contributed by atoms with Crippen LogP contribution in [0.15, 0.2) is 22.8 Å². The van der Waals surface area contributed by atoms with Crippen molar-refractivity contribution in [3.8, 4) is 0 Å². The van der Waals surface area contributed by atoms with Crippen LogP contribution in [0.4, 0.5) is 0 Å². The molecule has 2 aliphatic rings. The van der Waals surface area contributed by atoms with Gasteiger partial charge in [-0.05, 0) is 50.9 Å². The number of carbonyl (C=O) groups excluding carboxylic acids is 1. The molecule has 2 fully saturated rings. The molecule has 4 nitrogen and oxygen atoms in total. The summed E-state index contributed by atoms with van der Waals surface area (Å²) < 4.78 is 5.33. The lowest BCUT2D eigenvalue weighted by atomic mass is 10.0. The summed E-state index contributed by atoms with van der Waals surface area (Å²) in [4.78, 5) is 17.3. The quantitative estimate of drug-likeness (QED) is 0.836. The van der Waals surface area contributed by atoms with Gasteiger partial charge in [0.1, 0.15) is 5.76 Å². The van der Waals surface area contributed by atoms with Crippen LogP contribution in [-0.2, 0) is 11.2 Å². The maximum atomic E-state index is 12.6. The molecule has 0 aliphatic carbocycles. The molecule has 4 heteroatoms. The monoisotopic (exact) mass is 290 g/mol. The molecule has 0 unspecified atom stereocenters. The van der Waals surface area contributed by atoms with Gasteiger partial charge in [-0.25, -0.2) is 0 Å². The molecule has 2 atom stereocenters. The Morgan fingerprint density at radius 3 is 2.86 bits per heavy atom. The number of carbonyl (C=O) groups is 1. The summed E-state index contributed by atoms with van der Waals surface area (Å²) in [6.07, 6.45) is 7.83. The van der Waals surface area contributed by atoms with Crippen LogP contribution in [0.2, 0.25) is 0 Å². The van der Waals surface area contributed by atoms with Gasteiger partial charge in [-0.15, -0.1) is 0 Å². The fraction of sp³-hybridized carbons (Fsp3) is 0.706. The SMILES string of the molecule is CCN1CCC[C@H]1[C@H]1CCCN1C(=O)CCc1ccco1. The number of amides is 1. The molecule has 0 radical (unpaired) electrons. The Kier molecular flexibility index (Phi) is 4.63. The highest BCUT2D eigenvalue weighted by Crippen LogP contribution is 2.30. The molecular formula is C17H26N2O2. The highest BCUT2D eigenvalue weighted by atomic mass is 16.3. The average molecular weight is 290 g/mol. The maximum absolute atomic E-state index is 12.6. The molecule has 0 spiro atoms. The van der Waals surface area contributed by atoms with E-state index in [1.165, 1.54) is 25.8 Å². The van der Waals surface area contributed by atoms with Crippen molar-refractivity contribution in [1.29, 1.82) is 0 Å². The number of likely N-dealkylation sites (tertiary alicyclic amines) is 2. The minimum absolute atomic E-state index is 0.303. The molecule has 0 aromatic carbocycles. The summed E-state index contributed by atoms with van der Waals surface area (Å²) in [6.45, 7) is 5.48. The van der Waals surface area contributed by atoms with E-state index in [9.17, 15) is 4.79 Å². The van der Waals surface area contributed by atoms with Crippen molar-refractivity contribution < 1.29 is 9.21 Å². The van der Waals surface area contributed by atoms with Crippen molar-refractivity contribution in [3.63, 3.8) is 0 Å². The van der Waals surface area contributed by atoms with Crippen LogP contribution in [0.5, 0.6) is 0 Å². The lowest BCUT2D eigenvalue weighted by Crippen LogP contribution is -2.48. The number of nitrogens with zero attached hydrogens (tertiary/aromatic N) is 2. The predicted molar refractivity (Wildman–Crippen MR) is 82.0 cm³/mol. The smallest absolute Gasteiger partial charge is 0.223 e. The largest absolute Gasteiger partial charge is 0.469 e. The summed E-state index contributed by atoms with van der Waals surface area (Å²) in [5, 5.41) is 0. The van der Waals surface area contributed by atoms with Gasteiger partial charge in [0.05, 0.1) is 6.26 Å². The van der Waals surface area contributed by atoms with Crippen LogP contribution < -0.4 is 0 Å². The normalized spacial score (nSPS) is 26.6. The van der Waals surface area contributed by atoms with Crippen molar-refractivity contribution in [2.75, 3.05) is 19.6 Å². The Labute approximate surface area is 127 Å². The van der Waals surface area contributed by atoms with Crippen molar-refractivity contribution in [2.45, 2.75) is 57.5 Å². The molecule has 21 heavy (non-hydrogen) atoms. The molecule has 1 aromatic heterocycles. The third-order valence-electron chi connectivity index (χ3n) is 5.05. The maximum Gasteiger partial charge on any atom is 0.223 e. The molecule has 2 saturated heterocycles. The van der Waals surface area contributed by atoms with E-state index in [2.05, 4.69) is 16.7 Å². The van der Waals surface area contributed by atoms with Gasteiger partial charge in [0, 0.05) is 31.5 Å². The van der Waals surface area contributed by atoms with Crippen LogP contribution in [0.3, 0.4) is 0 Å².